The van der Waals surface area contributed by atoms with Crippen molar-refractivity contribution in [2.24, 2.45) is 0 Å². The molecule has 0 saturated carbocycles. The first-order valence-electron chi connectivity index (χ1n) is 19.6. The van der Waals surface area contributed by atoms with Crippen molar-refractivity contribution in [1.29, 1.82) is 0 Å². The lowest BCUT2D eigenvalue weighted by atomic mass is 10.2. The quantitative estimate of drug-likeness (QED) is 0.0212. The van der Waals surface area contributed by atoms with Gasteiger partial charge in [0.05, 0.1) is 34.4 Å². The summed E-state index contributed by atoms with van der Waals surface area (Å²) in [7, 11) is 1.26. The molecule has 300 valence electrons. The summed E-state index contributed by atoms with van der Waals surface area (Å²) in [5.74, 6) is -0.416. The summed E-state index contributed by atoms with van der Waals surface area (Å²) >= 11 is 0. The number of hydrogen-bond acceptors (Lipinski definition) is 7. The summed E-state index contributed by atoms with van der Waals surface area (Å²) in [5, 5.41) is 0. The zero-order valence-electron chi connectivity index (χ0n) is 33.7. The fourth-order valence-corrected chi connectivity index (χ4v) is 5.08. The molecule has 0 heterocycles. The second-order valence-corrected chi connectivity index (χ2v) is 14.9. The molecule has 0 bridgehead atoms. The first-order valence-corrected chi connectivity index (χ1v) is 21.1. The third-order valence-electron chi connectivity index (χ3n) is 7.32. The number of esters is 1. The van der Waals surface area contributed by atoms with Crippen molar-refractivity contribution in [3.63, 3.8) is 0 Å². The van der Waals surface area contributed by atoms with Crippen LogP contribution < -0.4 is 4.89 Å². The van der Waals surface area contributed by atoms with Gasteiger partial charge >= 0.3 is 5.97 Å². The first-order chi connectivity index (χ1) is 25.6. The van der Waals surface area contributed by atoms with Crippen molar-refractivity contribution in [2.45, 2.75) is 110 Å². The van der Waals surface area contributed by atoms with E-state index in [9.17, 15) is 14.3 Å². The molecule has 0 N–H and O–H groups in total. The minimum absolute atomic E-state index is 0.00166. The van der Waals surface area contributed by atoms with Crippen LogP contribution in [0.4, 0.5) is 0 Å². The van der Waals surface area contributed by atoms with Crippen LogP contribution in [0.3, 0.4) is 0 Å². The number of carbonyl (C=O) groups excluding carboxylic acids is 1. The highest BCUT2D eigenvalue weighted by Crippen LogP contribution is 2.38. The van der Waals surface area contributed by atoms with Crippen molar-refractivity contribution in [1.82, 2.24) is 0 Å². The Bertz CT molecular complexity index is 1200. The van der Waals surface area contributed by atoms with Crippen LogP contribution in [0.25, 0.3) is 0 Å². The van der Waals surface area contributed by atoms with Crippen LogP contribution >= 0.6 is 7.82 Å². The van der Waals surface area contributed by atoms with Gasteiger partial charge in [0.2, 0.25) is 0 Å². The van der Waals surface area contributed by atoms with Crippen LogP contribution in [0.2, 0.25) is 0 Å². The minimum Gasteiger partial charge on any atom is -0.756 e. The molecular formula is C44H72NO7P. The largest absolute Gasteiger partial charge is 0.756 e. The molecule has 0 rings (SSSR count). The second kappa shape index (κ2) is 36.2. The van der Waals surface area contributed by atoms with Gasteiger partial charge in [0.1, 0.15) is 19.3 Å². The van der Waals surface area contributed by atoms with Crippen LogP contribution in [-0.2, 0) is 27.9 Å². The number of nitrogens with zero attached hydrogens (tertiary/aromatic N) is 1. The number of quaternary nitrogens is 1. The monoisotopic (exact) mass is 758 g/mol. The Hall–Kier alpha value is -2.84. The van der Waals surface area contributed by atoms with E-state index in [1.807, 2.05) is 21.1 Å². The molecule has 9 heteroatoms. The summed E-state index contributed by atoms with van der Waals surface area (Å²) < 4.78 is 34.3. The maximum Gasteiger partial charge on any atom is 0.306 e. The number of hydrogen-bond donors (Lipinski definition) is 0. The summed E-state index contributed by atoms with van der Waals surface area (Å²) in [5.41, 5.74) is 0. The Morgan fingerprint density at radius 1 is 0.585 bits per heavy atom. The number of rotatable bonds is 34. The van der Waals surface area contributed by atoms with Gasteiger partial charge in [-0.25, -0.2) is 0 Å². The molecule has 0 aliphatic rings. The lowest BCUT2D eigenvalue weighted by Crippen LogP contribution is -2.37. The van der Waals surface area contributed by atoms with Crippen molar-refractivity contribution < 1.29 is 37.3 Å². The third-order valence-corrected chi connectivity index (χ3v) is 8.28. The van der Waals surface area contributed by atoms with Crippen LogP contribution in [-0.4, -0.2) is 70.7 Å². The highest BCUT2D eigenvalue weighted by Gasteiger charge is 2.20. The predicted molar refractivity (Wildman–Crippen MR) is 221 cm³/mol. The fraction of sp³-hybridized carbons (Fsp3) is 0.568. The van der Waals surface area contributed by atoms with Crippen LogP contribution in [0.15, 0.2) is 109 Å². The van der Waals surface area contributed by atoms with Gasteiger partial charge in [-0.05, 0) is 83.5 Å². The van der Waals surface area contributed by atoms with Crippen LogP contribution in [0, 0.1) is 0 Å². The molecule has 0 aromatic rings. The van der Waals surface area contributed by atoms with Gasteiger partial charge in [0.25, 0.3) is 7.82 Å². The van der Waals surface area contributed by atoms with Gasteiger partial charge in [-0.15, -0.1) is 0 Å². The molecule has 2 unspecified atom stereocenters. The summed E-state index contributed by atoms with van der Waals surface area (Å²) in [6.07, 6.45) is 49.8. The van der Waals surface area contributed by atoms with E-state index in [-0.39, 0.29) is 26.2 Å². The van der Waals surface area contributed by atoms with Gasteiger partial charge in [-0.3, -0.25) is 9.36 Å². The maximum atomic E-state index is 12.6. The van der Waals surface area contributed by atoms with E-state index in [0.29, 0.717) is 24.1 Å². The summed E-state index contributed by atoms with van der Waals surface area (Å²) in [6, 6.07) is 0. The smallest absolute Gasteiger partial charge is 0.306 e. The molecule has 0 aromatic carbocycles. The number of carbonyl (C=O) groups is 1. The number of phosphoric ester groups is 1. The number of ether oxygens (including phenoxy) is 2. The molecule has 8 nitrogen and oxygen atoms in total. The lowest BCUT2D eigenvalue weighted by Gasteiger charge is -2.28. The molecule has 53 heavy (non-hydrogen) atoms. The molecule has 0 aliphatic carbocycles. The van der Waals surface area contributed by atoms with E-state index < -0.39 is 19.9 Å². The normalized spacial score (nSPS) is 15.1. The Labute approximate surface area is 323 Å². The molecule has 0 aromatic heterocycles. The average molecular weight is 758 g/mol. The molecule has 0 saturated heterocycles. The van der Waals surface area contributed by atoms with Gasteiger partial charge in [-0.2, -0.15) is 0 Å². The Balaban J connectivity index is 4.53. The summed E-state index contributed by atoms with van der Waals surface area (Å²) in [4.78, 5) is 24.9. The van der Waals surface area contributed by atoms with E-state index >= 15 is 0 Å². The van der Waals surface area contributed by atoms with E-state index in [4.69, 9.17) is 18.5 Å². The SMILES string of the molecule is CC/C=C\C/C=C\C/C=C\C/C=C\C/C=C\CCCC(=O)OC(COCCC/C=C\C/C=C\C/C=C\C/C=C\CC)COP(=O)([O-])OCC[N+](C)(C)C. The molecular weight excluding hydrogens is 685 g/mol. The van der Waals surface area contributed by atoms with E-state index in [2.05, 4.69) is 123 Å². The Morgan fingerprint density at radius 3 is 1.43 bits per heavy atom. The number of allylic oxidation sites excluding steroid dienone is 18. The van der Waals surface area contributed by atoms with Crippen molar-refractivity contribution in [3.8, 4) is 0 Å². The molecule has 0 aliphatic heterocycles. The maximum absolute atomic E-state index is 12.6. The Morgan fingerprint density at radius 2 is 1.00 bits per heavy atom. The zero-order chi connectivity index (χ0) is 39.1. The first kappa shape index (κ1) is 50.2. The van der Waals surface area contributed by atoms with Gasteiger partial charge in [0.15, 0.2) is 0 Å². The van der Waals surface area contributed by atoms with Crippen LogP contribution in [0.1, 0.15) is 104 Å². The van der Waals surface area contributed by atoms with Gasteiger partial charge in [0, 0.05) is 13.0 Å². The van der Waals surface area contributed by atoms with Gasteiger partial charge < -0.3 is 27.9 Å². The topological polar surface area (TPSA) is 94.1 Å². The highest BCUT2D eigenvalue weighted by atomic mass is 31.2. The lowest BCUT2D eigenvalue weighted by molar-refractivity contribution is -0.870. The molecule has 0 spiro atoms. The zero-order valence-corrected chi connectivity index (χ0v) is 34.6. The Kier molecular flexibility index (Phi) is 34.2. The minimum atomic E-state index is -4.56. The standard InChI is InChI=1S/C44H72NO7P/c1-6-8-10-12-14-16-18-20-22-23-24-25-27-29-31-33-35-37-44(46)52-43(42-51-53(47,48)50-40-38-45(3,4)5)41-49-39-36-34-32-30-28-26-21-19-17-15-13-11-9-7-2/h8-11,14-17,20-22,24-26,29-32,43H,6-7,12-13,18-19,23,27-28,33-42H2,1-5H3/b10-8-,11-9-,16-14-,17-15-,22-20-,25-24-,26-21-,31-29-,32-30-. The average Bonchev–Trinajstić information content (AvgIpc) is 3.11. The predicted octanol–water partition coefficient (Wildman–Crippen LogP) is 10.6. The van der Waals surface area contributed by atoms with E-state index in [1.54, 1.807) is 0 Å². The van der Waals surface area contributed by atoms with Crippen molar-refractivity contribution >= 4 is 13.8 Å². The molecule has 2 atom stereocenters. The van der Waals surface area contributed by atoms with Crippen molar-refractivity contribution in [2.75, 3.05) is 54.1 Å². The second-order valence-electron chi connectivity index (χ2n) is 13.5. The third kappa shape index (κ3) is 40.2. The summed E-state index contributed by atoms with van der Waals surface area (Å²) in [6.45, 7) is 4.89. The number of phosphoric acid groups is 1. The molecule has 0 amide bonds. The molecule has 0 radical (unpaired) electrons. The molecule has 0 fully saturated rings. The van der Waals surface area contributed by atoms with E-state index in [1.165, 1.54) is 0 Å². The van der Waals surface area contributed by atoms with Crippen LogP contribution in [0.5, 0.6) is 0 Å². The van der Waals surface area contributed by atoms with Crippen molar-refractivity contribution in [3.05, 3.63) is 109 Å². The van der Waals surface area contributed by atoms with E-state index in [0.717, 1.165) is 77.0 Å². The number of unbranched alkanes of at least 4 members (excludes halogenated alkanes) is 2. The number of likely N-dealkylation sites (N-methyl/N-ethyl adjacent to an activating group) is 1. The highest BCUT2D eigenvalue weighted by molar-refractivity contribution is 7.45. The van der Waals surface area contributed by atoms with Gasteiger partial charge in [-0.1, -0.05) is 123 Å². The fourth-order valence-electron chi connectivity index (χ4n) is 4.35.